The van der Waals surface area contributed by atoms with E-state index in [2.05, 4.69) is 10.4 Å². The Hall–Kier alpha value is -2.38. The predicted molar refractivity (Wildman–Crippen MR) is 91.6 cm³/mol. The number of nitrogens with zero attached hydrogens (tertiary/aromatic N) is 2. The minimum absolute atomic E-state index is 0.254. The number of nitrogens with two attached hydrogens (primary N) is 1. The van der Waals surface area contributed by atoms with E-state index < -0.39 is 6.29 Å². The highest BCUT2D eigenvalue weighted by atomic mass is 16.7. The van der Waals surface area contributed by atoms with Crippen LogP contribution in [0.1, 0.15) is 29.8 Å². The van der Waals surface area contributed by atoms with Crippen LogP contribution in [0, 0.1) is 0 Å². The summed E-state index contributed by atoms with van der Waals surface area (Å²) in [6.45, 7) is 5.54. The van der Waals surface area contributed by atoms with E-state index in [4.69, 9.17) is 15.2 Å². The molecule has 130 valence electrons. The zero-order valence-corrected chi connectivity index (χ0v) is 14.1. The van der Waals surface area contributed by atoms with Gasteiger partial charge in [0.2, 0.25) is 0 Å². The summed E-state index contributed by atoms with van der Waals surface area (Å²) in [5.41, 5.74) is 7.46. The summed E-state index contributed by atoms with van der Waals surface area (Å²) in [7, 11) is 0. The maximum atomic E-state index is 12.3. The molecule has 1 heterocycles. The average Bonchev–Trinajstić information content (AvgIpc) is 2.94. The molecule has 0 unspecified atom stereocenters. The van der Waals surface area contributed by atoms with Crippen LogP contribution in [0.5, 0.6) is 0 Å². The number of aromatic nitrogens is 2. The van der Waals surface area contributed by atoms with Gasteiger partial charge in [-0.3, -0.25) is 4.79 Å². The van der Waals surface area contributed by atoms with Gasteiger partial charge in [0.1, 0.15) is 11.4 Å². The Morgan fingerprint density at radius 1 is 1.25 bits per heavy atom. The van der Waals surface area contributed by atoms with E-state index in [1.807, 2.05) is 44.2 Å². The van der Waals surface area contributed by atoms with Crippen LogP contribution in [0.2, 0.25) is 0 Å². The first-order valence-electron chi connectivity index (χ1n) is 8.02. The molecule has 0 aliphatic carbocycles. The third-order valence-electron chi connectivity index (χ3n) is 3.43. The number of amides is 1. The van der Waals surface area contributed by atoms with Crippen molar-refractivity contribution in [3.05, 3.63) is 47.7 Å². The molecule has 1 aromatic heterocycles. The SMILES string of the molecule is CCOC(CNC(=O)c1cnn(Cc2ccccc2)c1N)OCC. The maximum Gasteiger partial charge on any atom is 0.256 e. The Balaban J connectivity index is 1.97. The molecule has 0 radical (unpaired) electrons. The predicted octanol–water partition coefficient (Wildman–Crippen LogP) is 1.64. The van der Waals surface area contributed by atoms with Crippen LogP contribution >= 0.6 is 0 Å². The molecule has 2 rings (SSSR count). The maximum absolute atomic E-state index is 12.3. The normalized spacial score (nSPS) is 11.0. The lowest BCUT2D eigenvalue weighted by Gasteiger charge is -2.17. The minimum Gasteiger partial charge on any atom is -0.383 e. The summed E-state index contributed by atoms with van der Waals surface area (Å²) < 4.78 is 12.4. The van der Waals surface area contributed by atoms with Crippen molar-refractivity contribution in [1.82, 2.24) is 15.1 Å². The van der Waals surface area contributed by atoms with Gasteiger partial charge in [0.15, 0.2) is 6.29 Å². The molecule has 0 bridgehead atoms. The van der Waals surface area contributed by atoms with Crippen LogP contribution in [0.4, 0.5) is 5.82 Å². The summed E-state index contributed by atoms with van der Waals surface area (Å²) in [6.07, 6.45) is 1.01. The number of hydrogen-bond acceptors (Lipinski definition) is 5. The second-order valence-electron chi connectivity index (χ2n) is 5.14. The fourth-order valence-corrected chi connectivity index (χ4v) is 2.26. The average molecular weight is 332 g/mol. The molecule has 0 atom stereocenters. The zero-order chi connectivity index (χ0) is 17.4. The Labute approximate surface area is 141 Å². The van der Waals surface area contributed by atoms with Crippen molar-refractivity contribution < 1.29 is 14.3 Å². The van der Waals surface area contributed by atoms with Crippen molar-refractivity contribution in [1.29, 1.82) is 0 Å². The molecule has 3 N–H and O–H groups in total. The van der Waals surface area contributed by atoms with E-state index in [0.717, 1.165) is 5.56 Å². The van der Waals surface area contributed by atoms with E-state index in [0.29, 0.717) is 31.1 Å². The third-order valence-corrected chi connectivity index (χ3v) is 3.43. The summed E-state index contributed by atoms with van der Waals surface area (Å²) >= 11 is 0. The topological polar surface area (TPSA) is 91.4 Å². The van der Waals surface area contributed by atoms with E-state index in [1.54, 1.807) is 4.68 Å². The molecule has 1 aromatic carbocycles. The number of rotatable bonds is 9. The third kappa shape index (κ3) is 4.81. The number of anilines is 1. The Bertz CT molecular complexity index is 637. The molecule has 0 spiro atoms. The van der Waals surface area contributed by atoms with Gasteiger partial charge in [-0.25, -0.2) is 4.68 Å². The van der Waals surface area contributed by atoms with E-state index >= 15 is 0 Å². The first kappa shape index (κ1) is 18.0. The Morgan fingerprint density at radius 2 is 1.92 bits per heavy atom. The van der Waals surface area contributed by atoms with Crippen molar-refractivity contribution in [3.8, 4) is 0 Å². The van der Waals surface area contributed by atoms with E-state index in [1.165, 1.54) is 6.20 Å². The van der Waals surface area contributed by atoms with Crippen molar-refractivity contribution >= 4 is 11.7 Å². The summed E-state index contributed by atoms with van der Waals surface area (Å²) in [6, 6.07) is 9.81. The minimum atomic E-state index is -0.468. The molecule has 1 amide bonds. The second-order valence-corrected chi connectivity index (χ2v) is 5.14. The lowest BCUT2D eigenvalue weighted by Crippen LogP contribution is -2.35. The fraction of sp³-hybridized carbons (Fsp3) is 0.412. The molecule has 0 saturated heterocycles. The Morgan fingerprint density at radius 3 is 2.54 bits per heavy atom. The number of ether oxygens (including phenoxy) is 2. The highest BCUT2D eigenvalue weighted by Crippen LogP contribution is 2.13. The number of nitrogen functional groups attached to an aromatic ring is 1. The number of benzene rings is 1. The van der Waals surface area contributed by atoms with Crippen LogP contribution < -0.4 is 11.1 Å². The monoisotopic (exact) mass is 332 g/mol. The number of carbonyl (C=O) groups excluding carboxylic acids is 1. The molecule has 2 aromatic rings. The highest BCUT2D eigenvalue weighted by molar-refractivity contribution is 5.98. The van der Waals surface area contributed by atoms with Crippen molar-refractivity contribution in [2.24, 2.45) is 0 Å². The molecular formula is C17H24N4O3. The van der Waals surface area contributed by atoms with E-state index in [-0.39, 0.29) is 12.5 Å². The molecule has 0 aliphatic rings. The largest absolute Gasteiger partial charge is 0.383 e. The molecule has 0 fully saturated rings. The second kappa shape index (κ2) is 9.05. The van der Waals surface area contributed by atoms with Gasteiger partial charge in [-0.2, -0.15) is 5.10 Å². The van der Waals surface area contributed by atoms with Crippen molar-refractivity contribution in [3.63, 3.8) is 0 Å². The molecule has 0 aliphatic heterocycles. The molecule has 24 heavy (non-hydrogen) atoms. The van der Waals surface area contributed by atoms with Gasteiger partial charge in [0.25, 0.3) is 5.91 Å². The smallest absolute Gasteiger partial charge is 0.256 e. The highest BCUT2D eigenvalue weighted by Gasteiger charge is 2.17. The van der Waals surface area contributed by atoms with Gasteiger partial charge >= 0.3 is 0 Å². The van der Waals surface area contributed by atoms with Gasteiger partial charge in [-0.05, 0) is 19.4 Å². The summed E-state index contributed by atoms with van der Waals surface area (Å²) in [5.74, 6) is 0.0388. The van der Waals surface area contributed by atoms with Gasteiger partial charge in [0.05, 0.1) is 19.3 Å². The quantitative estimate of drug-likeness (QED) is 0.681. The Kier molecular flexibility index (Phi) is 6.77. The summed E-state index contributed by atoms with van der Waals surface area (Å²) in [5, 5.41) is 6.96. The number of carbonyl (C=O) groups is 1. The van der Waals surface area contributed by atoms with Crippen molar-refractivity contribution in [2.75, 3.05) is 25.5 Å². The van der Waals surface area contributed by atoms with Gasteiger partial charge in [-0.15, -0.1) is 0 Å². The van der Waals surface area contributed by atoms with Crippen LogP contribution in [-0.2, 0) is 16.0 Å². The van der Waals surface area contributed by atoms with E-state index in [9.17, 15) is 4.79 Å². The summed E-state index contributed by atoms with van der Waals surface area (Å²) in [4.78, 5) is 12.3. The molecule has 0 saturated carbocycles. The number of nitrogens with one attached hydrogen (secondary N) is 1. The van der Waals surface area contributed by atoms with Crippen molar-refractivity contribution in [2.45, 2.75) is 26.7 Å². The standard InChI is InChI=1S/C17H24N4O3/c1-3-23-15(24-4-2)11-19-17(22)14-10-20-21(16(14)18)12-13-8-6-5-7-9-13/h5-10,15H,3-4,11-12,18H2,1-2H3,(H,19,22). The lowest BCUT2D eigenvalue weighted by atomic mass is 10.2. The van der Waals surface area contributed by atoms with Gasteiger partial charge < -0.3 is 20.5 Å². The number of hydrogen-bond donors (Lipinski definition) is 2. The van der Waals surface area contributed by atoms with Crippen LogP contribution in [-0.4, -0.2) is 41.7 Å². The van der Waals surface area contributed by atoms with Gasteiger partial charge in [0, 0.05) is 13.2 Å². The van der Waals surface area contributed by atoms with Crippen LogP contribution in [0.3, 0.4) is 0 Å². The first-order valence-corrected chi connectivity index (χ1v) is 8.02. The first-order chi connectivity index (χ1) is 11.7. The molecule has 7 nitrogen and oxygen atoms in total. The molecule has 7 heteroatoms. The fourth-order valence-electron chi connectivity index (χ4n) is 2.26. The van der Waals surface area contributed by atoms with Gasteiger partial charge in [-0.1, -0.05) is 30.3 Å². The molecular weight excluding hydrogens is 308 g/mol. The van der Waals surface area contributed by atoms with Crippen LogP contribution in [0.15, 0.2) is 36.5 Å². The van der Waals surface area contributed by atoms with Crippen LogP contribution in [0.25, 0.3) is 0 Å². The zero-order valence-electron chi connectivity index (χ0n) is 14.1. The lowest BCUT2D eigenvalue weighted by molar-refractivity contribution is -0.131.